The number of hydrogen-bond donors (Lipinski definition) is 2. The summed E-state index contributed by atoms with van der Waals surface area (Å²) in [7, 11) is -2.99. The lowest BCUT2D eigenvalue weighted by molar-refractivity contribution is 0.322. The third-order valence-electron chi connectivity index (χ3n) is 3.36. The van der Waals surface area contributed by atoms with E-state index in [-0.39, 0.29) is 11.3 Å². The van der Waals surface area contributed by atoms with Crippen LogP contribution in [-0.4, -0.2) is 26.3 Å². The molecule has 0 aromatic rings. The van der Waals surface area contributed by atoms with E-state index in [0.29, 0.717) is 12.5 Å². The van der Waals surface area contributed by atoms with E-state index >= 15 is 0 Å². The molecule has 0 bridgehead atoms. The van der Waals surface area contributed by atoms with Crippen LogP contribution in [0.4, 0.5) is 0 Å². The Morgan fingerprint density at radius 3 is 2.53 bits per heavy atom. The summed E-state index contributed by atoms with van der Waals surface area (Å²) in [4.78, 5) is 0. The largest absolute Gasteiger partial charge is 0.328 e. The van der Waals surface area contributed by atoms with Crippen molar-refractivity contribution in [1.29, 1.82) is 0 Å². The SMILES string of the molecule is NC1CCCC(CNS(=O)(=O)C2CC2)C1. The van der Waals surface area contributed by atoms with Gasteiger partial charge in [-0.3, -0.25) is 0 Å². The average molecular weight is 232 g/mol. The van der Waals surface area contributed by atoms with Crippen molar-refractivity contribution in [3.8, 4) is 0 Å². The second-order valence-electron chi connectivity index (χ2n) is 4.89. The Balaban J connectivity index is 1.77. The molecule has 2 rings (SSSR count). The van der Waals surface area contributed by atoms with Crippen molar-refractivity contribution in [2.75, 3.05) is 6.54 Å². The highest BCUT2D eigenvalue weighted by Gasteiger charge is 2.35. The molecule has 5 heteroatoms. The van der Waals surface area contributed by atoms with Crippen LogP contribution in [0.25, 0.3) is 0 Å². The average Bonchev–Trinajstić information content (AvgIpc) is 2.98. The highest BCUT2D eigenvalue weighted by atomic mass is 32.2. The van der Waals surface area contributed by atoms with Crippen LogP contribution in [0.3, 0.4) is 0 Å². The number of sulfonamides is 1. The van der Waals surface area contributed by atoms with E-state index in [1.807, 2.05) is 0 Å². The minimum atomic E-state index is -2.99. The molecule has 0 radical (unpaired) electrons. The molecule has 2 aliphatic rings. The standard InChI is InChI=1S/C10H20N2O2S/c11-9-3-1-2-8(6-9)7-12-15(13,14)10-4-5-10/h8-10,12H,1-7,11H2. The Labute approximate surface area is 91.7 Å². The predicted molar refractivity (Wildman–Crippen MR) is 59.9 cm³/mol. The maximum atomic E-state index is 11.6. The zero-order chi connectivity index (χ0) is 10.9. The molecule has 4 nitrogen and oxygen atoms in total. The molecular formula is C10H20N2O2S. The molecule has 0 amide bonds. The van der Waals surface area contributed by atoms with Crippen LogP contribution in [0.2, 0.25) is 0 Å². The Bertz CT molecular complexity index is 311. The number of rotatable bonds is 4. The molecule has 3 N–H and O–H groups in total. The van der Waals surface area contributed by atoms with Gasteiger partial charge in [0.15, 0.2) is 0 Å². The van der Waals surface area contributed by atoms with E-state index in [9.17, 15) is 8.42 Å². The summed E-state index contributed by atoms with van der Waals surface area (Å²) in [5, 5.41) is -0.102. The van der Waals surface area contributed by atoms with Crippen LogP contribution in [0, 0.1) is 5.92 Å². The maximum absolute atomic E-state index is 11.6. The van der Waals surface area contributed by atoms with Crippen LogP contribution in [-0.2, 0) is 10.0 Å². The minimum Gasteiger partial charge on any atom is -0.328 e. The smallest absolute Gasteiger partial charge is 0.214 e. The fraction of sp³-hybridized carbons (Fsp3) is 1.00. The lowest BCUT2D eigenvalue weighted by atomic mass is 9.86. The van der Waals surface area contributed by atoms with Crippen LogP contribution in [0.15, 0.2) is 0 Å². The fourth-order valence-electron chi connectivity index (χ4n) is 2.25. The molecule has 0 aliphatic heterocycles. The molecule has 2 aliphatic carbocycles. The molecule has 2 fully saturated rings. The molecule has 2 saturated carbocycles. The van der Waals surface area contributed by atoms with Gasteiger partial charge in [0, 0.05) is 12.6 Å². The quantitative estimate of drug-likeness (QED) is 0.745. The lowest BCUT2D eigenvalue weighted by Crippen LogP contribution is -2.36. The van der Waals surface area contributed by atoms with Gasteiger partial charge in [-0.15, -0.1) is 0 Å². The first-order chi connectivity index (χ1) is 7.08. The summed E-state index contributed by atoms with van der Waals surface area (Å²) >= 11 is 0. The van der Waals surface area contributed by atoms with E-state index in [1.54, 1.807) is 0 Å². The summed E-state index contributed by atoms with van der Waals surface area (Å²) in [5.74, 6) is 0.447. The van der Waals surface area contributed by atoms with E-state index in [0.717, 1.165) is 38.5 Å². The molecule has 88 valence electrons. The van der Waals surface area contributed by atoms with E-state index in [4.69, 9.17) is 5.73 Å². The highest BCUT2D eigenvalue weighted by molar-refractivity contribution is 7.90. The van der Waals surface area contributed by atoms with E-state index < -0.39 is 10.0 Å². The summed E-state index contributed by atoms with van der Waals surface area (Å²) in [5.41, 5.74) is 5.86. The van der Waals surface area contributed by atoms with Crippen molar-refractivity contribution in [1.82, 2.24) is 4.72 Å². The molecule has 2 unspecified atom stereocenters. The van der Waals surface area contributed by atoms with E-state index in [1.165, 1.54) is 0 Å². The zero-order valence-corrected chi connectivity index (χ0v) is 9.80. The molecule has 0 aromatic carbocycles. The van der Waals surface area contributed by atoms with Gasteiger partial charge in [0.1, 0.15) is 0 Å². The van der Waals surface area contributed by atoms with Gasteiger partial charge in [-0.25, -0.2) is 13.1 Å². The predicted octanol–water partition coefficient (Wildman–Crippen LogP) is 0.586. The third-order valence-corrected chi connectivity index (χ3v) is 5.28. The first kappa shape index (κ1) is 11.4. The number of nitrogens with one attached hydrogen (secondary N) is 1. The second-order valence-corrected chi connectivity index (χ2v) is 6.93. The summed E-state index contributed by atoms with van der Waals surface area (Å²) < 4.78 is 25.9. The van der Waals surface area contributed by atoms with Crippen LogP contribution in [0.5, 0.6) is 0 Å². The van der Waals surface area contributed by atoms with Crippen LogP contribution >= 0.6 is 0 Å². The lowest BCUT2D eigenvalue weighted by Gasteiger charge is -2.26. The molecular weight excluding hydrogens is 212 g/mol. The normalized spacial score (nSPS) is 32.9. The third kappa shape index (κ3) is 3.16. The number of hydrogen-bond acceptors (Lipinski definition) is 3. The Morgan fingerprint density at radius 1 is 1.20 bits per heavy atom. The molecule has 0 aromatic heterocycles. The Hall–Kier alpha value is -0.130. The van der Waals surface area contributed by atoms with Gasteiger partial charge < -0.3 is 5.73 Å². The summed E-state index contributed by atoms with van der Waals surface area (Å²) in [6.07, 6.45) is 5.97. The first-order valence-electron chi connectivity index (χ1n) is 5.82. The van der Waals surface area contributed by atoms with Gasteiger partial charge in [0.25, 0.3) is 0 Å². The van der Waals surface area contributed by atoms with Gasteiger partial charge in [-0.2, -0.15) is 0 Å². The molecule has 0 spiro atoms. The van der Waals surface area contributed by atoms with E-state index in [2.05, 4.69) is 4.72 Å². The number of nitrogens with two attached hydrogens (primary N) is 1. The Kier molecular flexibility index (Phi) is 3.33. The monoisotopic (exact) mass is 232 g/mol. The summed E-state index contributed by atoms with van der Waals surface area (Å²) in [6, 6.07) is 0.272. The van der Waals surface area contributed by atoms with Gasteiger partial charge in [0.05, 0.1) is 5.25 Å². The van der Waals surface area contributed by atoms with Gasteiger partial charge in [-0.1, -0.05) is 6.42 Å². The fourth-order valence-corrected chi connectivity index (χ4v) is 3.71. The maximum Gasteiger partial charge on any atom is 0.214 e. The van der Waals surface area contributed by atoms with Crippen molar-refractivity contribution >= 4 is 10.0 Å². The highest BCUT2D eigenvalue weighted by Crippen LogP contribution is 2.28. The van der Waals surface area contributed by atoms with Crippen molar-refractivity contribution in [2.24, 2.45) is 11.7 Å². The van der Waals surface area contributed by atoms with Crippen molar-refractivity contribution in [3.63, 3.8) is 0 Å². The van der Waals surface area contributed by atoms with Crippen LogP contribution in [0.1, 0.15) is 38.5 Å². The molecule has 15 heavy (non-hydrogen) atoms. The molecule has 0 heterocycles. The first-order valence-corrected chi connectivity index (χ1v) is 7.36. The Morgan fingerprint density at radius 2 is 1.93 bits per heavy atom. The van der Waals surface area contributed by atoms with Gasteiger partial charge >= 0.3 is 0 Å². The molecule has 2 atom stereocenters. The van der Waals surface area contributed by atoms with Crippen molar-refractivity contribution in [3.05, 3.63) is 0 Å². The van der Waals surface area contributed by atoms with Gasteiger partial charge in [0.2, 0.25) is 10.0 Å². The molecule has 0 saturated heterocycles. The second kappa shape index (κ2) is 4.39. The van der Waals surface area contributed by atoms with Crippen molar-refractivity contribution in [2.45, 2.75) is 49.8 Å². The van der Waals surface area contributed by atoms with Crippen LogP contribution < -0.4 is 10.5 Å². The zero-order valence-electron chi connectivity index (χ0n) is 8.98. The topological polar surface area (TPSA) is 72.2 Å². The van der Waals surface area contributed by atoms with Gasteiger partial charge in [-0.05, 0) is 38.0 Å². The van der Waals surface area contributed by atoms with Crippen molar-refractivity contribution < 1.29 is 8.42 Å². The summed E-state index contributed by atoms with van der Waals surface area (Å²) in [6.45, 7) is 0.590. The minimum absolute atomic E-state index is 0.102.